The van der Waals surface area contributed by atoms with Crippen LogP contribution < -0.4 is 0 Å². The van der Waals surface area contributed by atoms with Crippen LogP contribution in [0.4, 0.5) is 0 Å². The molecule has 23 heavy (non-hydrogen) atoms. The third-order valence-corrected chi connectivity index (χ3v) is 4.92. The highest BCUT2D eigenvalue weighted by molar-refractivity contribution is 5.44. The molecule has 0 atom stereocenters. The van der Waals surface area contributed by atoms with Gasteiger partial charge in [0.1, 0.15) is 5.75 Å². The van der Waals surface area contributed by atoms with Crippen molar-refractivity contribution < 1.29 is 5.11 Å². The molecule has 1 heteroatoms. The number of hydrogen-bond acceptors (Lipinski definition) is 1. The fraction of sp³-hybridized carbons (Fsp3) is 0.727. The fourth-order valence-corrected chi connectivity index (χ4v) is 3.46. The van der Waals surface area contributed by atoms with Gasteiger partial charge in [-0.2, -0.15) is 0 Å². The minimum atomic E-state index is 0.509. The number of phenolic OH excluding ortho intramolecular Hbond substituents is 1. The van der Waals surface area contributed by atoms with E-state index in [0.29, 0.717) is 5.75 Å². The SMILES string of the molecule is CCCCCCCCCCCCc1c(O)ccc(C)c1CCC. The van der Waals surface area contributed by atoms with Crippen molar-refractivity contribution >= 4 is 0 Å². The van der Waals surface area contributed by atoms with Gasteiger partial charge in [-0.3, -0.25) is 0 Å². The smallest absolute Gasteiger partial charge is 0.119 e. The predicted octanol–water partition coefficient (Wildman–Crippen LogP) is 7.12. The van der Waals surface area contributed by atoms with Crippen LogP contribution in [0.15, 0.2) is 12.1 Å². The molecular formula is C22H38O. The van der Waals surface area contributed by atoms with E-state index in [1.54, 1.807) is 0 Å². The minimum Gasteiger partial charge on any atom is -0.508 e. The van der Waals surface area contributed by atoms with Crippen molar-refractivity contribution in [1.29, 1.82) is 0 Å². The first-order valence-corrected chi connectivity index (χ1v) is 10.0. The predicted molar refractivity (Wildman–Crippen MR) is 102 cm³/mol. The molecule has 0 aliphatic heterocycles. The molecule has 1 aromatic carbocycles. The molecule has 1 nitrogen and oxygen atoms in total. The van der Waals surface area contributed by atoms with Gasteiger partial charge in [0.15, 0.2) is 0 Å². The van der Waals surface area contributed by atoms with E-state index < -0.39 is 0 Å². The minimum absolute atomic E-state index is 0.509. The number of unbranched alkanes of at least 4 members (excludes halogenated alkanes) is 9. The van der Waals surface area contributed by atoms with Crippen LogP contribution in [0.2, 0.25) is 0 Å². The van der Waals surface area contributed by atoms with Crippen molar-refractivity contribution in [3.63, 3.8) is 0 Å². The lowest BCUT2D eigenvalue weighted by Crippen LogP contribution is -1.98. The molecule has 0 saturated heterocycles. The molecule has 0 bridgehead atoms. The van der Waals surface area contributed by atoms with Gasteiger partial charge in [-0.25, -0.2) is 0 Å². The molecule has 0 saturated carbocycles. The lowest BCUT2D eigenvalue weighted by molar-refractivity contribution is 0.464. The third-order valence-electron chi connectivity index (χ3n) is 4.92. The molecule has 0 spiro atoms. The Morgan fingerprint density at radius 1 is 0.652 bits per heavy atom. The van der Waals surface area contributed by atoms with Crippen molar-refractivity contribution in [3.8, 4) is 5.75 Å². The molecule has 0 aliphatic rings. The van der Waals surface area contributed by atoms with E-state index >= 15 is 0 Å². The van der Waals surface area contributed by atoms with Gasteiger partial charge in [0.05, 0.1) is 0 Å². The summed E-state index contributed by atoms with van der Waals surface area (Å²) >= 11 is 0. The average Bonchev–Trinajstić information content (AvgIpc) is 2.55. The number of benzene rings is 1. The quantitative estimate of drug-likeness (QED) is 0.384. The summed E-state index contributed by atoms with van der Waals surface area (Å²) in [6, 6.07) is 3.93. The first-order valence-electron chi connectivity index (χ1n) is 10.0. The number of aryl methyl sites for hydroxylation is 1. The Morgan fingerprint density at radius 2 is 1.22 bits per heavy atom. The number of rotatable bonds is 13. The Hall–Kier alpha value is -0.980. The lowest BCUT2D eigenvalue weighted by Gasteiger charge is -2.14. The maximum Gasteiger partial charge on any atom is 0.119 e. The van der Waals surface area contributed by atoms with Crippen LogP contribution >= 0.6 is 0 Å². The molecule has 1 rings (SSSR count). The zero-order valence-electron chi connectivity index (χ0n) is 15.8. The second-order valence-electron chi connectivity index (χ2n) is 7.04. The highest BCUT2D eigenvalue weighted by atomic mass is 16.3. The molecule has 1 aromatic rings. The molecule has 0 radical (unpaired) electrons. The summed E-state index contributed by atoms with van der Waals surface area (Å²) in [5, 5.41) is 10.2. The molecule has 0 amide bonds. The zero-order valence-corrected chi connectivity index (χ0v) is 15.8. The molecule has 1 N–H and O–H groups in total. The van der Waals surface area contributed by atoms with Crippen LogP contribution in [0.25, 0.3) is 0 Å². The van der Waals surface area contributed by atoms with Crippen molar-refractivity contribution in [2.45, 2.75) is 104 Å². The number of phenols is 1. The van der Waals surface area contributed by atoms with Gasteiger partial charge >= 0.3 is 0 Å². The average molecular weight is 319 g/mol. The van der Waals surface area contributed by atoms with Crippen molar-refractivity contribution in [2.75, 3.05) is 0 Å². The van der Waals surface area contributed by atoms with Crippen LogP contribution in [0.5, 0.6) is 5.75 Å². The van der Waals surface area contributed by atoms with Gasteiger partial charge in [0.25, 0.3) is 0 Å². The third kappa shape index (κ3) is 7.90. The Labute approximate surface area is 144 Å². The summed E-state index contributed by atoms with van der Waals surface area (Å²) < 4.78 is 0. The Kier molecular flexibility index (Phi) is 10.9. The van der Waals surface area contributed by atoms with E-state index in [4.69, 9.17) is 0 Å². The normalized spacial score (nSPS) is 11.1. The molecule has 132 valence electrons. The van der Waals surface area contributed by atoms with Crippen molar-refractivity contribution in [3.05, 3.63) is 28.8 Å². The summed E-state index contributed by atoms with van der Waals surface area (Å²) in [4.78, 5) is 0. The van der Waals surface area contributed by atoms with Gasteiger partial charge in [-0.1, -0.05) is 84.1 Å². The largest absolute Gasteiger partial charge is 0.508 e. The van der Waals surface area contributed by atoms with E-state index in [-0.39, 0.29) is 0 Å². The molecule has 0 aliphatic carbocycles. The van der Waals surface area contributed by atoms with Crippen molar-refractivity contribution in [1.82, 2.24) is 0 Å². The van der Waals surface area contributed by atoms with E-state index in [1.807, 2.05) is 6.07 Å². The van der Waals surface area contributed by atoms with E-state index in [9.17, 15) is 5.11 Å². The van der Waals surface area contributed by atoms with Gasteiger partial charge < -0.3 is 5.11 Å². The highest BCUT2D eigenvalue weighted by Crippen LogP contribution is 2.27. The molecule has 0 aromatic heterocycles. The number of hydrogen-bond donors (Lipinski definition) is 1. The van der Waals surface area contributed by atoms with Crippen LogP contribution in [0, 0.1) is 6.92 Å². The summed E-state index contributed by atoms with van der Waals surface area (Å²) in [6.07, 6.45) is 16.9. The Bertz CT molecular complexity index is 422. The summed E-state index contributed by atoms with van der Waals surface area (Å²) in [5.74, 6) is 0.509. The fourth-order valence-electron chi connectivity index (χ4n) is 3.46. The van der Waals surface area contributed by atoms with E-state index in [0.717, 1.165) is 19.3 Å². The topological polar surface area (TPSA) is 20.2 Å². The first kappa shape index (κ1) is 20.1. The van der Waals surface area contributed by atoms with Gasteiger partial charge in [0.2, 0.25) is 0 Å². The van der Waals surface area contributed by atoms with Crippen LogP contribution in [-0.4, -0.2) is 5.11 Å². The maximum atomic E-state index is 10.2. The van der Waals surface area contributed by atoms with Gasteiger partial charge in [-0.15, -0.1) is 0 Å². The van der Waals surface area contributed by atoms with Gasteiger partial charge in [0, 0.05) is 0 Å². The van der Waals surface area contributed by atoms with Crippen LogP contribution in [0.3, 0.4) is 0 Å². The lowest BCUT2D eigenvalue weighted by atomic mass is 9.93. The Balaban J connectivity index is 2.22. The monoisotopic (exact) mass is 318 g/mol. The summed E-state index contributed by atoms with van der Waals surface area (Å²) in [7, 11) is 0. The molecule has 0 unspecified atom stereocenters. The summed E-state index contributed by atoms with van der Waals surface area (Å²) in [5.41, 5.74) is 3.95. The molecular weight excluding hydrogens is 280 g/mol. The van der Waals surface area contributed by atoms with E-state index in [2.05, 4.69) is 26.8 Å². The maximum absolute atomic E-state index is 10.2. The van der Waals surface area contributed by atoms with Crippen LogP contribution in [0.1, 0.15) is 101 Å². The molecule has 0 heterocycles. The second kappa shape index (κ2) is 12.4. The second-order valence-corrected chi connectivity index (χ2v) is 7.04. The molecule has 0 fully saturated rings. The van der Waals surface area contributed by atoms with E-state index in [1.165, 1.54) is 80.9 Å². The highest BCUT2D eigenvalue weighted by Gasteiger charge is 2.09. The standard InChI is InChI=1S/C22H38O/c1-4-6-7-8-9-10-11-12-13-14-16-21-20(15-5-2)19(3)17-18-22(21)23/h17-18,23H,4-16H2,1-3H3. The Morgan fingerprint density at radius 3 is 1.78 bits per heavy atom. The van der Waals surface area contributed by atoms with Crippen molar-refractivity contribution in [2.24, 2.45) is 0 Å². The van der Waals surface area contributed by atoms with Crippen LogP contribution in [-0.2, 0) is 12.8 Å². The summed E-state index contributed by atoms with van der Waals surface area (Å²) in [6.45, 7) is 6.66. The van der Waals surface area contributed by atoms with Gasteiger partial charge in [-0.05, 0) is 48.9 Å². The number of aromatic hydroxyl groups is 1. The first-order chi connectivity index (χ1) is 11.2. The zero-order chi connectivity index (χ0) is 16.9.